The second-order valence-corrected chi connectivity index (χ2v) is 10.3. The molecular formula is C26H28ClN3O5S. The van der Waals surface area contributed by atoms with E-state index >= 15 is 0 Å². The van der Waals surface area contributed by atoms with Crippen molar-refractivity contribution in [1.29, 1.82) is 0 Å². The summed E-state index contributed by atoms with van der Waals surface area (Å²) in [5, 5.41) is 2.87. The molecule has 3 aromatic rings. The van der Waals surface area contributed by atoms with Crippen LogP contribution in [0.25, 0.3) is 0 Å². The third-order valence-corrected chi connectivity index (χ3v) is 7.66. The minimum absolute atomic E-state index is 0.0231. The normalized spacial score (nSPS) is 11.9. The molecule has 0 spiro atoms. The minimum atomic E-state index is -4.18. The van der Waals surface area contributed by atoms with Gasteiger partial charge in [0.2, 0.25) is 11.8 Å². The lowest BCUT2D eigenvalue weighted by Gasteiger charge is -2.31. The van der Waals surface area contributed by atoms with E-state index < -0.39 is 28.5 Å². The van der Waals surface area contributed by atoms with Crippen molar-refractivity contribution in [2.24, 2.45) is 0 Å². The van der Waals surface area contributed by atoms with Gasteiger partial charge in [0.05, 0.1) is 17.7 Å². The summed E-state index contributed by atoms with van der Waals surface area (Å²) in [7, 11) is -1.21. The van der Waals surface area contributed by atoms with Crippen molar-refractivity contribution in [2.45, 2.75) is 24.4 Å². The fourth-order valence-electron chi connectivity index (χ4n) is 3.61. The van der Waals surface area contributed by atoms with Crippen LogP contribution in [0.5, 0.6) is 5.75 Å². The Bertz CT molecular complexity index is 1300. The molecule has 0 saturated carbocycles. The Balaban J connectivity index is 2.02. The van der Waals surface area contributed by atoms with E-state index in [-0.39, 0.29) is 23.0 Å². The van der Waals surface area contributed by atoms with Crippen LogP contribution in [-0.2, 0) is 26.2 Å². The number of amides is 2. The van der Waals surface area contributed by atoms with Gasteiger partial charge in [0.1, 0.15) is 18.3 Å². The van der Waals surface area contributed by atoms with Gasteiger partial charge in [-0.25, -0.2) is 8.42 Å². The highest BCUT2D eigenvalue weighted by Crippen LogP contribution is 2.27. The number of methoxy groups -OCH3 is 1. The monoisotopic (exact) mass is 529 g/mol. The molecule has 8 nitrogen and oxygen atoms in total. The number of benzene rings is 3. The summed E-state index contributed by atoms with van der Waals surface area (Å²) in [6.45, 7) is 1.18. The molecule has 0 aliphatic rings. The third kappa shape index (κ3) is 6.35. The first-order valence-electron chi connectivity index (χ1n) is 11.1. The van der Waals surface area contributed by atoms with E-state index in [9.17, 15) is 18.0 Å². The van der Waals surface area contributed by atoms with Crippen LogP contribution in [0.3, 0.4) is 0 Å². The number of likely N-dealkylation sites (N-methyl/N-ethyl adjacent to an activating group) is 1. The van der Waals surface area contributed by atoms with E-state index in [4.69, 9.17) is 16.3 Å². The number of hydrogen-bond acceptors (Lipinski definition) is 5. The number of nitrogens with one attached hydrogen (secondary N) is 1. The molecule has 1 atom stereocenters. The molecule has 36 heavy (non-hydrogen) atoms. The summed E-state index contributed by atoms with van der Waals surface area (Å²) in [6, 6.07) is 20.4. The Morgan fingerprint density at radius 2 is 1.67 bits per heavy atom. The van der Waals surface area contributed by atoms with E-state index in [1.807, 2.05) is 30.3 Å². The first-order chi connectivity index (χ1) is 17.2. The largest absolute Gasteiger partial charge is 0.497 e. The lowest BCUT2D eigenvalue weighted by molar-refractivity contribution is -0.139. The molecule has 1 N–H and O–H groups in total. The number of rotatable bonds is 10. The van der Waals surface area contributed by atoms with Crippen LogP contribution in [0.15, 0.2) is 83.8 Å². The smallest absolute Gasteiger partial charge is 0.264 e. The van der Waals surface area contributed by atoms with Crippen molar-refractivity contribution in [3.05, 3.63) is 89.4 Å². The van der Waals surface area contributed by atoms with Gasteiger partial charge in [0.15, 0.2) is 0 Å². The van der Waals surface area contributed by atoms with Crippen LogP contribution in [0, 0.1) is 0 Å². The zero-order chi connectivity index (χ0) is 26.3. The zero-order valence-corrected chi connectivity index (χ0v) is 21.8. The van der Waals surface area contributed by atoms with Gasteiger partial charge in [-0.1, -0.05) is 48.0 Å². The van der Waals surface area contributed by atoms with Crippen molar-refractivity contribution < 1.29 is 22.7 Å². The van der Waals surface area contributed by atoms with Gasteiger partial charge in [-0.3, -0.25) is 13.9 Å². The molecule has 2 amide bonds. The van der Waals surface area contributed by atoms with Crippen LogP contribution in [0.1, 0.15) is 12.5 Å². The third-order valence-electron chi connectivity index (χ3n) is 5.63. The maximum absolute atomic E-state index is 13.7. The van der Waals surface area contributed by atoms with E-state index in [1.165, 1.54) is 49.4 Å². The lowest BCUT2D eigenvalue weighted by Crippen LogP contribution is -2.50. The standard InChI is InChI=1S/C26H28ClN3O5S/c1-19(26(32)28-2)29(17-20-8-5-4-6-9-20)25(31)18-30(22-11-7-10-21(27)16-22)36(33,34)24-14-12-23(35-3)13-15-24/h4-16,19H,17-18H2,1-3H3,(H,28,32)/t19-/m1/s1. The molecule has 0 bridgehead atoms. The van der Waals surface area contributed by atoms with Crippen molar-refractivity contribution in [1.82, 2.24) is 10.2 Å². The quantitative estimate of drug-likeness (QED) is 0.432. The number of nitrogens with zero attached hydrogens (tertiary/aromatic N) is 2. The first kappa shape index (κ1) is 27.0. The molecule has 0 radical (unpaired) electrons. The molecule has 3 aromatic carbocycles. The van der Waals surface area contributed by atoms with Gasteiger partial charge in [0, 0.05) is 18.6 Å². The van der Waals surface area contributed by atoms with Gasteiger partial charge in [-0.15, -0.1) is 0 Å². The van der Waals surface area contributed by atoms with Crippen molar-refractivity contribution in [3.8, 4) is 5.75 Å². The van der Waals surface area contributed by atoms with Crippen LogP contribution in [-0.4, -0.2) is 51.9 Å². The molecule has 0 aliphatic carbocycles. The Labute approximate surface area is 216 Å². The van der Waals surface area contributed by atoms with Crippen LogP contribution < -0.4 is 14.4 Å². The summed E-state index contributed by atoms with van der Waals surface area (Å²) >= 11 is 6.16. The first-order valence-corrected chi connectivity index (χ1v) is 13.0. The fraction of sp³-hybridized carbons (Fsp3) is 0.231. The highest BCUT2D eigenvalue weighted by atomic mass is 35.5. The second-order valence-electron chi connectivity index (χ2n) is 7.96. The number of halogens is 1. The summed E-state index contributed by atoms with van der Waals surface area (Å²) in [4.78, 5) is 27.4. The average molecular weight is 530 g/mol. The summed E-state index contributed by atoms with van der Waals surface area (Å²) in [5.74, 6) is -0.425. The topological polar surface area (TPSA) is 96.0 Å². The number of carbonyl (C=O) groups excluding carboxylic acids is 2. The fourth-order valence-corrected chi connectivity index (χ4v) is 5.20. The molecule has 0 heterocycles. The van der Waals surface area contributed by atoms with Crippen molar-refractivity contribution in [2.75, 3.05) is 25.0 Å². The van der Waals surface area contributed by atoms with E-state index in [1.54, 1.807) is 25.1 Å². The Morgan fingerprint density at radius 1 is 1.00 bits per heavy atom. The molecule has 3 rings (SSSR count). The van der Waals surface area contributed by atoms with Gasteiger partial charge in [-0.2, -0.15) is 0 Å². The number of hydrogen-bond donors (Lipinski definition) is 1. The SMILES string of the molecule is CNC(=O)[C@@H](C)N(Cc1ccccc1)C(=O)CN(c1cccc(Cl)c1)S(=O)(=O)c1ccc(OC)cc1. The number of anilines is 1. The maximum Gasteiger partial charge on any atom is 0.264 e. The van der Waals surface area contributed by atoms with Crippen molar-refractivity contribution in [3.63, 3.8) is 0 Å². The predicted molar refractivity (Wildman–Crippen MR) is 139 cm³/mol. The molecular weight excluding hydrogens is 502 g/mol. The molecule has 0 saturated heterocycles. The summed E-state index contributed by atoms with van der Waals surface area (Å²) < 4.78 is 33.6. The van der Waals surface area contributed by atoms with Gasteiger partial charge < -0.3 is 15.0 Å². The molecule has 0 aromatic heterocycles. The summed E-state index contributed by atoms with van der Waals surface area (Å²) in [6.07, 6.45) is 0. The molecule has 10 heteroatoms. The molecule has 0 aliphatic heterocycles. The highest BCUT2D eigenvalue weighted by Gasteiger charge is 2.32. The van der Waals surface area contributed by atoms with E-state index in [2.05, 4.69) is 5.32 Å². The van der Waals surface area contributed by atoms with E-state index in [0.29, 0.717) is 10.8 Å². The molecule has 0 fully saturated rings. The summed E-state index contributed by atoms with van der Waals surface area (Å²) in [5.41, 5.74) is 1.02. The van der Waals surface area contributed by atoms with Crippen LogP contribution in [0.4, 0.5) is 5.69 Å². The van der Waals surface area contributed by atoms with Crippen LogP contribution in [0.2, 0.25) is 5.02 Å². The van der Waals surface area contributed by atoms with E-state index in [0.717, 1.165) is 9.87 Å². The average Bonchev–Trinajstić information content (AvgIpc) is 2.89. The Kier molecular flexibility index (Phi) is 8.95. The number of ether oxygens (including phenoxy) is 1. The van der Waals surface area contributed by atoms with Gasteiger partial charge >= 0.3 is 0 Å². The lowest BCUT2D eigenvalue weighted by atomic mass is 10.1. The predicted octanol–water partition coefficient (Wildman–Crippen LogP) is 3.71. The van der Waals surface area contributed by atoms with Crippen LogP contribution >= 0.6 is 11.6 Å². The Morgan fingerprint density at radius 3 is 2.25 bits per heavy atom. The maximum atomic E-state index is 13.7. The van der Waals surface area contributed by atoms with Gasteiger partial charge in [-0.05, 0) is 55.0 Å². The van der Waals surface area contributed by atoms with Crippen molar-refractivity contribution >= 4 is 39.1 Å². The highest BCUT2D eigenvalue weighted by molar-refractivity contribution is 7.92. The second kappa shape index (κ2) is 11.9. The molecule has 0 unspecified atom stereocenters. The number of carbonyl (C=O) groups is 2. The zero-order valence-electron chi connectivity index (χ0n) is 20.2. The minimum Gasteiger partial charge on any atom is -0.497 e. The van der Waals surface area contributed by atoms with Gasteiger partial charge in [0.25, 0.3) is 10.0 Å². The number of sulfonamides is 1. The molecule has 190 valence electrons. The Hall–Kier alpha value is -3.56.